The molecular weight excluding hydrogens is 242 g/mol. The van der Waals surface area contributed by atoms with Crippen molar-refractivity contribution in [1.82, 2.24) is 19.7 Å². The fourth-order valence-electron chi connectivity index (χ4n) is 2.53. The molecule has 2 N–H and O–H groups in total. The van der Waals surface area contributed by atoms with E-state index in [1.54, 1.807) is 12.7 Å². The molecule has 1 atom stereocenters. The van der Waals surface area contributed by atoms with Crippen LogP contribution in [0.25, 0.3) is 0 Å². The highest BCUT2D eigenvalue weighted by atomic mass is 16.2. The monoisotopic (exact) mass is 265 g/mol. The number of likely N-dealkylation sites (tertiary alicyclic amines) is 1. The quantitative estimate of drug-likeness (QED) is 0.867. The molecule has 0 unspecified atom stereocenters. The number of amides is 1. The van der Waals surface area contributed by atoms with Crippen molar-refractivity contribution in [2.45, 2.75) is 45.2 Å². The Morgan fingerprint density at radius 3 is 2.95 bits per heavy atom. The minimum Gasteiger partial charge on any atom is -0.342 e. The van der Waals surface area contributed by atoms with Gasteiger partial charge in [-0.3, -0.25) is 9.48 Å². The first kappa shape index (κ1) is 14.0. The van der Waals surface area contributed by atoms with Crippen LogP contribution < -0.4 is 5.73 Å². The van der Waals surface area contributed by atoms with Crippen molar-refractivity contribution in [2.75, 3.05) is 13.1 Å². The number of aromatic nitrogens is 3. The highest BCUT2D eigenvalue weighted by Crippen LogP contribution is 2.19. The molecule has 1 aliphatic rings. The second kappa shape index (κ2) is 5.69. The van der Waals surface area contributed by atoms with Crippen LogP contribution in [0.15, 0.2) is 12.7 Å². The Kier molecular flexibility index (Phi) is 4.19. The lowest BCUT2D eigenvalue weighted by atomic mass is 9.96. The molecule has 19 heavy (non-hydrogen) atoms. The number of carbonyl (C=O) groups is 1. The lowest BCUT2D eigenvalue weighted by Crippen LogP contribution is -2.45. The fourth-order valence-corrected chi connectivity index (χ4v) is 2.53. The van der Waals surface area contributed by atoms with Crippen molar-refractivity contribution >= 4 is 5.91 Å². The third-order valence-corrected chi connectivity index (χ3v) is 3.39. The summed E-state index contributed by atoms with van der Waals surface area (Å²) in [6.07, 6.45) is 5.86. The van der Waals surface area contributed by atoms with Gasteiger partial charge in [0.25, 0.3) is 0 Å². The van der Waals surface area contributed by atoms with Crippen LogP contribution in [-0.2, 0) is 11.3 Å². The first-order chi connectivity index (χ1) is 8.94. The first-order valence-corrected chi connectivity index (χ1v) is 6.83. The van der Waals surface area contributed by atoms with Crippen molar-refractivity contribution in [1.29, 1.82) is 0 Å². The molecule has 0 aliphatic carbocycles. The van der Waals surface area contributed by atoms with Gasteiger partial charge in [0.1, 0.15) is 12.7 Å². The van der Waals surface area contributed by atoms with E-state index in [2.05, 4.69) is 10.1 Å². The summed E-state index contributed by atoms with van der Waals surface area (Å²) in [6, 6.07) is 0. The predicted molar refractivity (Wildman–Crippen MR) is 72.2 cm³/mol. The molecule has 2 rings (SSSR count). The maximum atomic E-state index is 12.2. The number of hydrogen-bond acceptors (Lipinski definition) is 4. The molecule has 1 amide bonds. The molecular formula is C13H23N5O. The third kappa shape index (κ3) is 4.31. The maximum Gasteiger partial charge on any atom is 0.224 e. The van der Waals surface area contributed by atoms with Gasteiger partial charge in [-0.25, -0.2) is 4.98 Å². The molecule has 1 aromatic rings. The summed E-state index contributed by atoms with van der Waals surface area (Å²) in [5.74, 6) is 0.621. The van der Waals surface area contributed by atoms with Gasteiger partial charge in [-0.1, -0.05) is 0 Å². The van der Waals surface area contributed by atoms with Crippen molar-refractivity contribution in [2.24, 2.45) is 11.7 Å². The highest BCUT2D eigenvalue weighted by molar-refractivity contribution is 5.77. The summed E-state index contributed by atoms with van der Waals surface area (Å²) in [5.41, 5.74) is 5.48. The van der Waals surface area contributed by atoms with Gasteiger partial charge >= 0.3 is 0 Å². The van der Waals surface area contributed by atoms with Crippen molar-refractivity contribution < 1.29 is 4.79 Å². The molecule has 1 saturated heterocycles. The summed E-state index contributed by atoms with van der Waals surface area (Å²) in [4.78, 5) is 18.1. The minimum absolute atomic E-state index is 0.163. The Morgan fingerprint density at radius 2 is 2.32 bits per heavy atom. The lowest BCUT2D eigenvalue weighted by molar-refractivity contribution is -0.134. The number of nitrogens with zero attached hydrogens (tertiary/aromatic N) is 4. The van der Waals surface area contributed by atoms with Gasteiger partial charge in [0.15, 0.2) is 0 Å². The number of hydrogen-bond donors (Lipinski definition) is 1. The molecule has 1 fully saturated rings. The van der Waals surface area contributed by atoms with Gasteiger partial charge in [-0.05, 0) is 32.6 Å². The normalized spacial score (nSPS) is 20.6. The second-order valence-electron chi connectivity index (χ2n) is 6.13. The molecule has 0 radical (unpaired) electrons. The zero-order chi connectivity index (χ0) is 13.9. The van der Waals surface area contributed by atoms with E-state index >= 15 is 0 Å². The number of rotatable bonds is 4. The van der Waals surface area contributed by atoms with Crippen LogP contribution in [0.2, 0.25) is 0 Å². The van der Waals surface area contributed by atoms with Crippen LogP contribution >= 0.6 is 0 Å². The van der Waals surface area contributed by atoms with Crippen LogP contribution in [0.5, 0.6) is 0 Å². The maximum absolute atomic E-state index is 12.2. The molecule has 6 heteroatoms. The second-order valence-corrected chi connectivity index (χ2v) is 6.13. The SMILES string of the molecule is CC(C)(N)CC(=O)N1CCC[C@H](Cn2cncn2)C1. The molecule has 0 spiro atoms. The Labute approximate surface area is 114 Å². The molecule has 106 valence electrons. The topological polar surface area (TPSA) is 77.0 Å². The van der Waals surface area contributed by atoms with E-state index in [9.17, 15) is 4.79 Å². The van der Waals surface area contributed by atoms with E-state index in [0.29, 0.717) is 12.3 Å². The van der Waals surface area contributed by atoms with Gasteiger partial charge in [0.05, 0.1) is 0 Å². The summed E-state index contributed by atoms with van der Waals surface area (Å²) >= 11 is 0. The third-order valence-electron chi connectivity index (χ3n) is 3.39. The van der Waals surface area contributed by atoms with Crippen molar-refractivity contribution in [3.8, 4) is 0 Å². The summed E-state index contributed by atoms with van der Waals surface area (Å²) < 4.78 is 1.84. The number of piperidine rings is 1. The molecule has 2 heterocycles. The van der Waals surface area contributed by atoms with Gasteiger partial charge in [0.2, 0.25) is 5.91 Å². The van der Waals surface area contributed by atoms with Gasteiger partial charge < -0.3 is 10.6 Å². The number of carbonyl (C=O) groups excluding carboxylic acids is 1. The van der Waals surface area contributed by atoms with E-state index in [1.807, 2.05) is 23.4 Å². The Bertz CT molecular complexity index is 409. The Hall–Kier alpha value is -1.43. The zero-order valence-electron chi connectivity index (χ0n) is 11.7. The molecule has 0 saturated carbocycles. The van der Waals surface area contributed by atoms with Crippen LogP contribution in [-0.4, -0.2) is 44.2 Å². The molecule has 1 aliphatic heterocycles. The Morgan fingerprint density at radius 1 is 1.53 bits per heavy atom. The van der Waals surface area contributed by atoms with Crippen LogP contribution in [0.4, 0.5) is 0 Å². The summed E-state index contributed by atoms with van der Waals surface area (Å²) in [7, 11) is 0. The molecule has 0 aromatic carbocycles. The summed E-state index contributed by atoms with van der Waals surface area (Å²) in [6.45, 7) is 6.26. The molecule has 0 bridgehead atoms. The Balaban J connectivity index is 1.88. The zero-order valence-corrected chi connectivity index (χ0v) is 11.7. The van der Waals surface area contributed by atoms with Gasteiger partial charge in [-0.15, -0.1) is 0 Å². The summed E-state index contributed by atoms with van der Waals surface area (Å²) in [5, 5.41) is 4.12. The van der Waals surface area contributed by atoms with E-state index < -0.39 is 5.54 Å². The average Bonchev–Trinajstić information content (AvgIpc) is 2.80. The highest BCUT2D eigenvalue weighted by Gasteiger charge is 2.26. The number of nitrogens with two attached hydrogens (primary N) is 1. The van der Waals surface area contributed by atoms with E-state index in [1.165, 1.54) is 0 Å². The van der Waals surface area contributed by atoms with Crippen LogP contribution in [0, 0.1) is 5.92 Å². The molecule has 1 aromatic heterocycles. The average molecular weight is 265 g/mol. The van der Waals surface area contributed by atoms with E-state index in [0.717, 1.165) is 32.5 Å². The minimum atomic E-state index is -0.435. The van der Waals surface area contributed by atoms with Gasteiger partial charge in [-0.2, -0.15) is 5.10 Å². The smallest absolute Gasteiger partial charge is 0.224 e. The lowest BCUT2D eigenvalue weighted by Gasteiger charge is -2.34. The van der Waals surface area contributed by atoms with Crippen molar-refractivity contribution in [3.05, 3.63) is 12.7 Å². The van der Waals surface area contributed by atoms with Crippen LogP contribution in [0.3, 0.4) is 0 Å². The predicted octanol–water partition coefficient (Wildman–Crippen LogP) is 0.644. The fraction of sp³-hybridized carbons (Fsp3) is 0.769. The van der Waals surface area contributed by atoms with E-state index in [-0.39, 0.29) is 5.91 Å². The largest absolute Gasteiger partial charge is 0.342 e. The first-order valence-electron chi connectivity index (χ1n) is 6.83. The standard InChI is InChI=1S/C13H23N5O/c1-13(2,14)6-12(19)17-5-3-4-11(7-17)8-18-10-15-9-16-18/h9-11H,3-8,14H2,1-2H3/t11-/m0/s1. The van der Waals surface area contributed by atoms with Gasteiger partial charge in [0, 0.05) is 31.6 Å². The van der Waals surface area contributed by atoms with Crippen LogP contribution in [0.1, 0.15) is 33.1 Å². The van der Waals surface area contributed by atoms with E-state index in [4.69, 9.17) is 5.73 Å². The molecule has 6 nitrogen and oxygen atoms in total. The van der Waals surface area contributed by atoms with Crippen molar-refractivity contribution in [3.63, 3.8) is 0 Å².